The molecule has 0 saturated heterocycles. The molecule has 0 aliphatic carbocycles. The summed E-state index contributed by atoms with van der Waals surface area (Å²) in [5.41, 5.74) is -2.97. The summed E-state index contributed by atoms with van der Waals surface area (Å²) >= 11 is -1.48. The van der Waals surface area contributed by atoms with Gasteiger partial charge in [-0.2, -0.15) is 43.9 Å². The first kappa shape index (κ1) is 37.9. The molecule has 45 heavy (non-hydrogen) atoms. The van der Waals surface area contributed by atoms with Gasteiger partial charge in [0.1, 0.15) is 0 Å². The van der Waals surface area contributed by atoms with Crippen LogP contribution >= 0.6 is 45.3 Å². The van der Waals surface area contributed by atoms with Crippen LogP contribution < -0.4 is 0 Å². The third-order valence-electron chi connectivity index (χ3n) is 4.75. The quantitative estimate of drug-likeness (QED) is 0.151. The van der Waals surface area contributed by atoms with Crippen LogP contribution in [0.1, 0.15) is 19.5 Å². The maximum Gasteiger partial charge on any atom is 0.365 e. The van der Waals surface area contributed by atoms with E-state index in [1.54, 1.807) is 0 Å². The summed E-state index contributed by atoms with van der Waals surface area (Å²) in [4.78, 5) is 16.2. The third kappa shape index (κ3) is 7.11. The van der Waals surface area contributed by atoms with Crippen molar-refractivity contribution in [3.8, 4) is 0 Å². The van der Waals surface area contributed by atoms with Crippen molar-refractivity contribution in [1.29, 1.82) is 0 Å². The molecule has 4 aromatic rings. The Morgan fingerprint density at radius 1 is 0.400 bits per heavy atom. The molecule has 0 aromatic carbocycles. The second kappa shape index (κ2) is 14.4. The second-order valence-electron chi connectivity index (χ2n) is 7.32. The average Bonchev–Trinajstić information content (AvgIpc) is 3.57. The maximum atomic E-state index is 13.7. The molecule has 2 N–H and O–H groups in total. The van der Waals surface area contributed by atoms with E-state index in [0.29, 0.717) is 0 Å². The van der Waals surface area contributed by atoms with Crippen LogP contribution in [0.3, 0.4) is 0 Å². The van der Waals surface area contributed by atoms with E-state index in [1.807, 2.05) is 0 Å². The zero-order chi connectivity index (χ0) is 33.5. The summed E-state index contributed by atoms with van der Waals surface area (Å²) < 4.78 is 185. The first-order chi connectivity index (χ1) is 20.3. The van der Waals surface area contributed by atoms with Gasteiger partial charge in [-0.05, 0) is 0 Å². The molecule has 245 valence electrons. The Labute approximate surface area is 264 Å². The minimum Gasteiger partial charge on any atom is -0.476 e. The molecule has 0 aliphatic heterocycles. The van der Waals surface area contributed by atoms with E-state index < -0.39 is 121 Å². The minimum absolute atomic E-state index is 0. The fourth-order valence-electron chi connectivity index (χ4n) is 2.92. The largest absolute Gasteiger partial charge is 0.476 e. The molecule has 0 spiro atoms. The molecule has 4 nitrogen and oxygen atoms in total. The molecule has 0 unspecified atom stereocenters. The SMILES string of the molecule is O=C(O)C(F)=C(c1sc(F)c(F)c1F)c1sc(F)c(F)c1F.O=C(O)C(F)=C(c1sc(F)c(F)c1F)c1sc(F)c(F)c1F.[Co]. The Hall–Kier alpha value is -3.25. The van der Waals surface area contributed by atoms with Crippen molar-refractivity contribution in [3.05, 3.63) is 98.2 Å². The molecule has 0 amide bonds. The van der Waals surface area contributed by atoms with Gasteiger partial charge in [0.25, 0.3) is 0 Å². The van der Waals surface area contributed by atoms with E-state index >= 15 is 0 Å². The molecule has 0 atom stereocenters. The maximum absolute atomic E-state index is 13.7. The molecule has 0 bridgehead atoms. The van der Waals surface area contributed by atoms with Crippen molar-refractivity contribution in [2.45, 2.75) is 0 Å². The molecule has 0 fully saturated rings. The van der Waals surface area contributed by atoms with Gasteiger partial charge in [-0.1, -0.05) is 45.3 Å². The third-order valence-corrected chi connectivity index (χ3v) is 8.53. The summed E-state index contributed by atoms with van der Waals surface area (Å²) in [5.74, 6) is -25.3. The first-order valence-electron chi connectivity index (χ1n) is 10.1. The second-order valence-corrected chi connectivity index (χ2v) is 11.2. The normalized spacial score (nSPS) is 10.6. The zero-order valence-electron chi connectivity index (χ0n) is 20.0. The Morgan fingerprint density at radius 3 is 0.689 bits per heavy atom. The number of hydrogen-bond donors (Lipinski definition) is 2. The van der Waals surface area contributed by atoms with Gasteiger partial charge in [0.05, 0.1) is 30.7 Å². The minimum atomic E-state index is -2.34. The smallest absolute Gasteiger partial charge is 0.365 e. The number of hydrogen-bond acceptors (Lipinski definition) is 6. The van der Waals surface area contributed by atoms with Crippen molar-refractivity contribution < 1.29 is 98.0 Å². The summed E-state index contributed by atoms with van der Waals surface area (Å²) in [6.07, 6.45) is 0. The predicted molar refractivity (Wildman–Crippen MR) is 126 cm³/mol. The zero-order valence-corrected chi connectivity index (χ0v) is 24.3. The molecule has 23 heteroatoms. The van der Waals surface area contributed by atoms with Gasteiger partial charge in [0.15, 0.2) is 23.3 Å². The van der Waals surface area contributed by atoms with Gasteiger partial charge >= 0.3 is 11.9 Å². The van der Waals surface area contributed by atoms with E-state index in [1.165, 1.54) is 0 Å². The standard InChI is InChI=1S/2C11HF7O2S2.Co/c2*12-2(11(19)20)1(7-3(13)5(15)9(17)21-7)8-4(14)6(16)10(18)22-8;/h2*(H,19,20);. The van der Waals surface area contributed by atoms with Gasteiger partial charge in [-0.3, -0.25) is 0 Å². The monoisotopic (exact) mass is 783 g/mol. The van der Waals surface area contributed by atoms with Crippen LogP contribution in [0.2, 0.25) is 0 Å². The van der Waals surface area contributed by atoms with Gasteiger partial charge in [-0.25, -0.2) is 27.2 Å². The number of carboxylic acids is 2. The Bertz CT molecular complexity index is 1640. The molecule has 4 heterocycles. The number of aliphatic carboxylic acids is 2. The number of rotatable bonds is 6. The van der Waals surface area contributed by atoms with Crippen LogP contribution in [-0.4, -0.2) is 22.2 Å². The number of carbonyl (C=O) groups is 2. The van der Waals surface area contributed by atoms with Crippen LogP contribution in [0.5, 0.6) is 0 Å². The van der Waals surface area contributed by atoms with E-state index in [2.05, 4.69) is 0 Å². The molecule has 4 aromatic heterocycles. The predicted octanol–water partition coefficient (Wildman–Crippen LogP) is 8.91. The fraction of sp³-hybridized carbons (Fsp3) is 0. The molecule has 4 rings (SSSR count). The summed E-state index contributed by atoms with van der Waals surface area (Å²) in [6.45, 7) is 0. The molecule has 0 aliphatic rings. The van der Waals surface area contributed by atoms with Crippen LogP contribution in [0.15, 0.2) is 11.7 Å². The summed E-state index contributed by atoms with van der Waals surface area (Å²) in [6, 6.07) is 0. The number of halogens is 14. The molecule has 0 saturated carbocycles. The van der Waals surface area contributed by atoms with E-state index in [9.17, 15) is 71.1 Å². The van der Waals surface area contributed by atoms with Gasteiger partial charge < -0.3 is 10.2 Å². The van der Waals surface area contributed by atoms with Gasteiger partial charge in [-0.15, -0.1) is 0 Å². The van der Waals surface area contributed by atoms with Gasteiger partial charge in [0.2, 0.25) is 55.4 Å². The van der Waals surface area contributed by atoms with Gasteiger partial charge in [0, 0.05) is 16.8 Å². The number of thiophene rings is 4. The van der Waals surface area contributed by atoms with Crippen LogP contribution in [-0.2, 0) is 26.4 Å². The van der Waals surface area contributed by atoms with Crippen molar-refractivity contribution >= 4 is 68.4 Å². The van der Waals surface area contributed by atoms with Crippen LogP contribution in [0, 0.1) is 67.1 Å². The molecular weight excluding hydrogens is 781 g/mol. The van der Waals surface area contributed by atoms with Crippen molar-refractivity contribution in [3.63, 3.8) is 0 Å². The number of carboxylic acid groups (broad SMARTS) is 2. The molecule has 1 radical (unpaired) electrons. The average molecular weight is 783 g/mol. The van der Waals surface area contributed by atoms with Crippen molar-refractivity contribution in [2.24, 2.45) is 0 Å². The van der Waals surface area contributed by atoms with Crippen molar-refractivity contribution in [1.82, 2.24) is 0 Å². The molecular formula is C22H2CoF14O4S4. The topological polar surface area (TPSA) is 74.6 Å². The van der Waals surface area contributed by atoms with Crippen LogP contribution in [0.4, 0.5) is 61.5 Å². The Kier molecular flexibility index (Phi) is 12.2. The Morgan fingerprint density at radius 2 is 0.578 bits per heavy atom. The van der Waals surface area contributed by atoms with Crippen molar-refractivity contribution in [2.75, 3.05) is 0 Å². The summed E-state index contributed by atoms with van der Waals surface area (Å²) in [5, 5.41) is 10.1. The summed E-state index contributed by atoms with van der Waals surface area (Å²) in [7, 11) is 0. The first-order valence-corrected chi connectivity index (χ1v) is 13.4. The van der Waals surface area contributed by atoms with E-state index in [0.717, 1.165) is 0 Å². The van der Waals surface area contributed by atoms with Crippen LogP contribution in [0.25, 0.3) is 11.1 Å². The van der Waals surface area contributed by atoms with E-state index in [-0.39, 0.29) is 62.1 Å². The Balaban J connectivity index is 0.000000307. The van der Waals surface area contributed by atoms with E-state index in [4.69, 9.17) is 10.2 Å². The fourth-order valence-corrected chi connectivity index (χ4v) is 6.38.